The summed E-state index contributed by atoms with van der Waals surface area (Å²) in [4.78, 5) is 0. The first-order valence-electron chi connectivity index (χ1n) is 6.54. The van der Waals surface area contributed by atoms with E-state index in [2.05, 4.69) is 76.3 Å². The molecule has 0 aromatic rings. The van der Waals surface area contributed by atoms with Gasteiger partial charge in [-0.15, -0.1) is 0 Å². The summed E-state index contributed by atoms with van der Waals surface area (Å²) < 4.78 is 0.868. The van der Waals surface area contributed by atoms with Crippen LogP contribution in [0, 0.1) is 11.8 Å². The monoisotopic (exact) mass is 400 g/mol. The van der Waals surface area contributed by atoms with Crippen molar-refractivity contribution in [2.75, 3.05) is 0 Å². The van der Waals surface area contributed by atoms with Crippen LogP contribution < -0.4 is 0 Å². The number of allylic oxidation sites excluding steroid dienone is 8. The van der Waals surface area contributed by atoms with Gasteiger partial charge < -0.3 is 0 Å². The van der Waals surface area contributed by atoms with Gasteiger partial charge in [-0.3, -0.25) is 0 Å². The third-order valence-corrected chi connectivity index (χ3v) is 13.7. The average Bonchev–Trinajstić information content (AvgIpc) is 2.88. The molecule has 2 rings (SSSR count). The summed E-state index contributed by atoms with van der Waals surface area (Å²) >= 11 is -0.884. The Bertz CT molecular complexity index is 332. The Morgan fingerprint density at radius 1 is 0.647 bits per heavy atom. The maximum atomic E-state index is 2.48. The fourth-order valence-corrected chi connectivity index (χ4v) is 9.92. The normalized spacial score (nSPS) is 23.6. The van der Waals surface area contributed by atoms with Crippen molar-refractivity contribution in [1.82, 2.24) is 0 Å². The summed E-state index contributed by atoms with van der Waals surface area (Å²) in [7, 11) is 0. The average molecular weight is 400 g/mol. The Hall–Kier alpha value is -0.352. The summed E-state index contributed by atoms with van der Waals surface area (Å²) in [5, 5.41) is 0. The SMILES string of the molecule is CC(C)[C]1([WH2][C]2(C(C)C)C=CC=C2)C=CC=C1. The summed E-state index contributed by atoms with van der Waals surface area (Å²) in [6.07, 6.45) is 18.9. The van der Waals surface area contributed by atoms with Crippen molar-refractivity contribution < 1.29 is 18.6 Å². The maximum absolute atomic E-state index is 2.48. The second kappa shape index (κ2) is 4.73. The van der Waals surface area contributed by atoms with E-state index in [1.807, 2.05) is 0 Å². The van der Waals surface area contributed by atoms with E-state index in [0.29, 0.717) is 7.61 Å². The molecule has 1 heteroatoms. The number of rotatable bonds is 4. The van der Waals surface area contributed by atoms with Gasteiger partial charge in [-0.2, -0.15) is 0 Å². The Labute approximate surface area is 114 Å². The third kappa shape index (κ3) is 2.29. The van der Waals surface area contributed by atoms with Gasteiger partial charge in [-0.25, -0.2) is 0 Å². The minimum atomic E-state index is -0.884. The zero-order chi connectivity index (χ0) is 12.5. The van der Waals surface area contributed by atoms with E-state index >= 15 is 0 Å². The standard InChI is InChI=1S/2C8H11.W.2H/c2*1-7(2)8-5-3-4-6-8;;;/h2*3-7H,1-2H3;;;. The summed E-state index contributed by atoms with van der Waals surface area (Å²) in [6.45, 7) is 9.51. The predicted molar refractivity (Wildman–Crippen MR) is 74.4 cm³/mol. The van der Waals surface area contributed by atoms with Crippen LogP contribution in [0.1, 0.15) is 27.7 Å². The van der Waals surface area contributed by atoms with Crippen LogP contribution in [0.3, 0.4) is 0 Å². The van der Waals surface area contributed by atoms with Crippen molar-refractivity contribution in [1.29, 1.82) is 0 Å². The molecule has 17 heavy (non-hydrogen) atoms. The molecule has 0 aliphatic heterocycles. The first-order valence-corrected chi connectivity index (χ1v) is 10.1. The van der Waals surface area contributed by atoms with Crippen LogP contribution in [0.25, 0.3) is 0 Å². The first kappa shape index (κ1) is 13.1. The molecule has 2 aliphatic carbocycles. The molecule has 0 aromatic heterocycles. The van der Waals surface area contributed by atoms with E-state index in [1.54, 1.807) is 0 Å². The van der Waals surface area contributed by atoms with Crippen molar-refractivity contribution in [2.45, 2.75) is 35.3 Å². The van der Waals surface area contributed by atoms with Gasteiger partial charge in [0.05, 0.1) is 0 Å². The van der Waals surface area contributed by atoms with Crippen LogP contribution in [-0.4, -0.2) is 0 Å². The van der Waals surface area contributed by atoms with E-state index in [0.717, 1.165) is 11.8 Å². The van der Waals surface area contributed by atoms with E-state index in [4.69, 9.17) is 0 Å². The molecule has 0 fully saturated rings. The Balaban J connectivity index is 2.30. The van der Waals surface area contributed by atoms with Crippen molar-refractivity contribution >= 4 is 0 Å². The molecule has 2 aliphatic rings. The number of hydrogen-bond donors (Lipinski definition) is 0. The molecule has 0 nitrogen and oxygen atoms in total. The molecule has 0 saturated heterocycles. The van der Waals surface area contributed by atoms with Crippen LogP contribution >= 0.6 is 0 Å². The third-order valence-electron chi connectivity index (χ3n) is 4.05. The van der Waals surface area contributed by atoms with Gasteiger partial charge in [0.15, 0.2) is 0 Å². The number of hydrogen-bond acceptors (Lipinski definition) is 0. The molecule has 0 amide bonds. The second-order valence-electron chi connectivity index (χ2n) is 5.74. The van der Waals surface area contributed by atoms with Crippen molar-refractivity contribution in [3.63, 3.8) is 0 Å². The zero-order valence-corrected chi connectivity index (χ0v) is 14.9. The van der Waals surface area contributed by atoms with Crippen LogP contribution in [-0.2, 0) is 18.6 Å². The van der Waals surface area contributed by atoms with Gasteiger partial charge in [-0.1, -0.05) is 0 Å². The molecule has 0 atom stereocenters. The first-order chi connectivity index (χ1) is 8.01. The molecule has 0 bridgehead atoms. The van der Waals surface area contributed by atoms with E-state index < -0.39 is 18.6 Å². The van der Waals surface area contributed by atoms with Crippen LogP contribution in [0.4, 0.5) is 0 Å². The zero-order valence-electron chi connectivity index (χ0n) is 11.3. The second-order valence-corrected chi connectivity index (χ2v) is 12.9. The summed E-state index contributed by atoms with van der Waals surface area (Å²) in [5.74, 6) is 1.47. The van der Waals surface area contributed by atoms with Gasteiger partial charge in [0.1, 0.15) is 0 Å². The van der Waals surface area contributed by atoms with Crippen LogP contribution in [0.5, 0.6) is 0 Å². The van der Waals surface area contributed by atoms with Gasteiger partial charge in [0.25, 0.3) is 0 Å². The Morgan fingerprint density at radius 2 is 0.941 bits per heavy atom. The Morgan fingerprint density at radius 3 is 1.18 bits per heavy atom. The minimum absolute atomic E-state index is 0.434. The van der Waals surface area contributed by atoms with Crippen molar-refractivity contribution in [3.05, 3.63) is 48.6 Å². The van der Waals surface area contributed by atoms with E-state index in [-0.39, 0.29) is 0 Å². The Kier molecular flexibility index (Phi) is 3.64. The van der Waals surface area contributed by atoms with Crippen molar-refractivity contribution in [3.8, 4) is 0 Å². The summed E-state index contributed by atoms with van der Waals surface area (Å²) in [5.41, 5.74) is 0. The molecule has 0 aromatic carbocycles. The molecule has 94 valence electrons. The molecule has 0 radical (unpaired) electrons. The summed E-state index contributed by atoms with van der Waals surface area (Å²) in [6, 6.07) is 0. The van der Waals surface area contributed by atoms with E-state index in [9.17, 15) is 0 Å². The molecule has 0 spiro atoms. The molecular weight excluding hydrogens is 376 g/mol. The molecule has 0 N–H and O–H groups in total. The van der Waals surface area contributed by atoms with Crippen molar-refractivity contribution in [2.24, 2.45) is 11.8 Å². The molecule has 0 unspecified atom stereocenters. The van der Waals surface area contributed by atoms with Gasteiger partial charge in [0.2, 0.25) is 0 Å². The van der Waals surface area contributed by atoms with Gasteiger partial charge in [0, 0.05) is 0 Å². The fourth-order valence-electron chi connectivity index (χ4n) is 2.57. The van der Waals surface area contributed by atoms with Crippen LogP contribution in [0.15, 0.2) is 48.6 Å². The predicted octanol–water partition coefficient (Wildman–Crippen LogP) is 4.41. The topological polar surface area (TPSA) is 0 Å². The van der Waals surface area contributed by atoms with Crippen LogP contribution in [0.2, 0.25) is 7.61 Å². The van der Waals surface area contributed by atoms with E-state index in [1.165, 1.54) is 0 Å². The van der Waals surface area contributed by atoms with Gasteiger partial charge >= 0.3 is 114 Å². The molecule has 0 heterocycles. The van der Waals surface area contributed by atoms with Gasteiger partial charge in [-0.05, 0) is 0 Å². The molecule has 0 saturated carbocycles. The quantitative estimate of drug-likeness (QED) is 0.656. The fraction of sp³-hybridized carbons (Fsp3) is 0.500. The molecular formula is C16H24W.